The van der Waals surface area contributed by atoms with Gasteiger partial charge in [0.15, 0.2) is 0 Å². The number of benzene rings is 1. The third kappa shape index (κ3) is 3.89. The van der Waals surface area contributed by atoms with Crippen LogP contribution in [0, 0.1) is 0 Å². The number of carbonyl (C=O) groups excluding carboxylic acids is 1. The zero-order chi connectivity index (χ0) is 12.2. The average Bonchev–Trinajstić information content (AvgIpc) is 2.25. The van der Waals surface area contributed by atoms with Gasteiger partial charge in [-0.1, -0.05) is 37.3 Å². The molecule has 0 bridgehead atoms. The van der Waals surface area contributed by atoms with Gasteiger partial charge in [-0.05, 0) is 30.2 Å². The highest BCUT2D eigenvalue weighted by atomic mass is 32.3. The summed E-state index contributed by atoms with van der Waals surface area (Å²) in [7, 11) is -1.13. The molecule has 1 aromatic rings. The number of nitrogens with one attached hydrogen (secondary N) is 1. The van der Waals surface area contributed by atoms with Crippen molar-refractivity contribution >= 4 is 15.3 Å². The van der Waals surface area contributed by atoms with Crippen molar-refractivity contribution in [1.29, 1.82) is 0 Å². The number of rotatable bonds is 3. The minimum Gasteiger partial charge on any atom is -0.348 e. The topological polar surface area (TPSA) is 29.1 Å². The van der Waals surface area contributed by atoms with Crippen molar-refractivity contribution in [3.8, 4) is 0 Å². The lowest BCUT2D eigenvalue weighted by Crippen LogP contribution is -2.29. The molecule has 1 N–H and O–H groups in total. The van der Waals surface area contributed by atoms with E-state index in [1.807, 2.05) is 37.0 Å². The van der Waals surface area contributed by atoms with Gasteiger partial charge in [-0.25, -0.2) is 0 Å². The zero-order valence-electron chi connectivity index (χ0n) is 10.5. The third-order valence-electron chi connectivity index (χ3n) is 2.48. The van der Waals surface area contributed by atoms with Gasteiger partial charge in [0.1, 0.15) is 0 Å². The Morgan fingerprint density at radius 1 is 1.25 bits per heavy atom. The van der Waals surface area contributed by atoms with Gasteiger partial charge < -0.3 is 5.32 Å². The van der Waals surface area contributed by atoms with Crippen LogP contribution in [0.25, 0.3) is 0 Å². The van der Waals surface area contributed by atoms with E-state index in [0.29, 0.717) is 12.5 Å². The predicted molar refractivity (Wildman–Crippen MR) is 73.6 cm³/mol. The molecule has 16 heavy (non-hydrogen) atoms. The Morgan fingerprint density at radius 3 is 2.31 bits per heavy atom. The molecular weight excluding hydrogens is 218 g/mol. The minimum absolute atomic E-state index is 0.190. The van der Waals surface area contributed by atoms with Crippen molar-refractivity contribution in [3.63, 3.8) is 0 Å². The zero-order valence-corrected chi connectivity index (χ0v) is 11.3. The average molecular weight is 239 g/mol. The first kappa shape index (κ1) is 13.1. The Kier molecular flexibility index (Phi) is 4.42. The van der Waals surface area contributed by atoms with Crippen LogP contribution in [0.1, 0.15) is 18.4 Å². The van der Waals surface area contributed by atoms with Gasteiger partial charge in [0.25, 0.3) is 5.24 Å². The first-order valence-electron chi connectivity index (χ1n) is 5.42. The van der Waals surface area contributed by atoms with E-state index in [4.69, 9.17) is 0 Å². The van der Waals surface area contributed by atoms with Crippen LogP contribution in [0.5, 0.6) is 0 Å². The Balaban J connectivity index is 2.48. The molecule has 0 saturated carbocycles. The second-order valence-electron chi connectivity index (χ2n) is 4.82. The second kappa shape index (κ2) is 5.39. The summed E-state index contributed by atoms with van der Waals surface area (Å²) in [6, 6.07) is 10.3. The summed E-state index contributed by atoms with van der Waals surface area (Å²) in [6.45, 7) is 2.85. The van der Waals surface area contributed by atoms with Gasteiger partial charge in [0.05, 0.1) is 0 Å². The minimum atomic E-state index is -1.13. The molecule has 1 rings (SSSR count). The quantitative estimate of drug-likeness (QED) is 0.862. The van der Waals surface area contributed by atoms with Crippen LogP contribution in [-0.4, -0.2) is 30.6 Å². The summed E-state index contributed by atoms with van der Waals surface area (Å²) in [6.07, 6.45) is 6.03. The molecule has 0 saturated heterocycles. The summed E-state index contributed by atoms with van der Waals surface area (Å²) in [5, 5.41) is 3.21. The molecule has 0 aromatic heterocycles. The molecule has 0 spiro atoms. The summed E-state index contributed by atoms with van der Waals surface area (Å²) >= 11 is 0. The molecule has 0 fully saturated rings. The van der Waals surface area contributed by atoms with Gasteiger partial charge in [-0.15, -0.1) is 0 Å². The van der Waals surface area contributed by atoms with Crippen molar-refractivity contribution in [3.05, 3.63) is 35.9 Å². The smallest absolute Gasteiger partial charge is 0.261 e. The van der Waals surface area contributed by atoms with Crippen LogP contribution in [0.15, 0.2) is 30.3 Å². The Bertz CT molecular complexity index is 343. The number of carbonyl (C=O) groups is 1. The molecule has 3 heteroatoms. The largest absolute Gasteiger partial charge is 0.348 e. The van der Waals surface area contributed by atoms with E-state index in [2.05, 4.69) is 24.4 Å². The van der Waals surface area contributed by atoms with Crippen LogP contribution >= 0.6 is 10.0 Å². The van der Waals surface area contributed by atoms with E-state index in [9.17, 15) is 4.79 Å². The molecule has 0 radical (unpaired) electrons. The highest BCUT2D eigenvalue weighted by Gasteiger charge is 2.16. The Morgan fingerprint density at radius 2 is 1.81 bits per heavy atom. The highest BCUT2D eigenvalue weighted by molar-refractivity contribution is 8.43. The molecule has 0 heterocycles. The van der Waals surface area contributed by atoms with Gasteiger partial charge in [0.2, 0.25) is 0 Å². The Hall–Kier alpha value is -0.960. The highest BCUT2D eigenvalue weighted by Crippen LogP contribution is 2.35. The maximum absolute atomic E-state index is 11.7. The second-order valence-corrected chi connectivity index (χ2v) is 8.86. The van der Waals surface area contributed by atoms with Gasteiger partial charge in [0, 0.05) is 6.54 Å². The van der Waals surface area contributed by atoms with Crippen LogP contribution < -0.4 is 5.32 Å². The molecule has 1 amide bonds. The lowest BCUT2D eigenvalue weighted by molar-refractivity contribution is 0.259. The van der Waals surface area contributed by atoms with Crippen LogP contribution in [0.3, 0.4) is 0 Å². The maximum Gasteiger partial charge on any atom is 0.261 e. The number of hydrogen-bond acceptors (Lipinski definition) is 1. The molecule has 0 aliphatic heterocycles. The van der Waals surface area contributed by atoms with E-state index in [1.165, 1.54) is 5.56 Å². The van der Waals surface area contributed by atoms with E-state index in [-0.39, 0.29) is 5.24 Å². The summed E-state index contributed by atoms with van der Waals surface area (Å²) < 4.78 is 0. The van der Waals surface area contributed by atoms with Gasteiger partial charge in [-0.3, -0.25) is 4.79 Å². The molecule has 90 valence electrons. The fraction of sp³-hybridized carbons (Fsp3) is 0.462. The van der Waals surface area contributed by atoms with Crippen molar-refractivity contribution in [2.75, 3.05) is 25.3 Å². The summed E-state index contributed by atoms with van der Waals surface area (Å²) in [5.41, 5.74) is 1.27. The monoisotopic (exact) mass is 239 g/mol. The first-order valence-corrected chi connectivity index (χ1v) is 8.28. The van der Waals surface area contributed by atoms with E-state index in [0.717, 1.165) is 0 Å². The molecule has 1 aromatic carbocycles. The third-order valence-corrected chi connectivity index (χ3v) is 3.73. The Labute approximate surface area is 99.8 Å². The standard InChI is InChI=1S/C13H21NOS/c1-11(12-8-6-5-7-9-12)10-14-13(15)16(2,3)4/h5-9,11H,10H2,1-4H3,(H,14,15). The fourth-order valence-corrected chi connectivity index (χ4v) is 1.87. The molecule has 0 aliphatic carbocycles. The van der Waals surface area contributed by atoms with Crippen molar-refractivity contribution in [1.82, 2.24) is 5.32 Å². The van der Waals surface area contributed by atoms with Gasteiger partial charge in [-0.2, -0.15) is 10.0 Å². The predicted octanol–water partition coefficient (Wildman–Crippen LogP) is 3.19. The van der Waals surface area contributed by atoms with Gasteiger partial charge >= 0.3 is 0 Å². The van der Waals surface area contributed by atoms with E-state index in [1.54, 1.807) is 0 Å². The maximum atomic E-state index is 11.7. The normalized spacial score (nSPS) is 14.2. The summed E-state index contributed by atoms with van der Waals surface area (Å²) in [5.74, 6) is 0.368. The van der Waals surface area contributed by atoms with Crippen molar-refractivity contribution < 1.29 is 4.79 Å². The summed E-state index contributed by atoms with van der Waals surface area (Å²) in [4.78, 5) is 11.7. The fourth-order valence-electron chi connectivity index (χ4n) is 1.35. The lowest BCUT2D eigenvalue weighted by atomic mass is 10.0. The lowest BCUT2D eigenvalue weighted by Gasteiger charge is -2.24. The van der Waals surface area contributed by atoms with E-state index < -0.39 is 10.0 Å². The molecular formula is C13H21NOS. The number of hydrogen-bond donors (Lipinski definition) is 1. The SMILES string of the molecule is CC(CNC(=O)S(C)(C)C)c1ccccc1. The molecule has 0 aliphatic rings. The molecule has 2 nitrogen and oxygen atoms in total. The van der Waals surface area contributed by atoms with Crippen LogP contribution in [0.4, 0.5) is 4.79 Å². The number of amides is 1. The van der Waals surface area contributed by atoms with Crippen LogP contribution in [0.2, 0.25) is 0 Å². The van der Waals surface area contributed by atoms with Crippen molar-refractivity contribution in [2.24, 2.45) is 0 Å². The van der Waals surface area contributed by atoms with Crippen LogP contribution in [-0.2, 0) is 0 Å². The molecule has 1 atom stereocenters. The molecule has 1 unspecified atom stereocenters. The van der Waals surface area contributed by atoms with E-state index >= 15 is 0 Å². The first-order chi connectivity index (χ1) is 7.41. The van der Waals surface area contributed by atoms with Crippen molar-refractivity contribution in [2.45, 2.75) is 12.8 Å².